The molecular formula is C10H19N3O. The minimum atomic E-state index is 0.184. The summed E-state index contributed by atoms with van der Waals surface area (Å²) in [6, 6.07) is 0.184. The van der Waals surface area contributed by atoms with Gasteiger partial charge in [-0.1, -0.05) is 6.92 Å². The molecule has 1 rings (SSSR count). The van der Waals surface area contributed by atoms with E-state index in [-0.39, 0.29) is 12.6 Å². The van der Waals surface area contributed by atoms with Gasteiger partial charge in [0.1, 0.15) is 0 Å². The molecule has 1 atom stereocenters. The quantitative estimate of drug-likeness (QED) is 0.657. The van der Waals surface area contributed by atoms with E-state index in [4.69, 9.17) is 5.11 Å². The van der Waals surface area contributed by atoms with Crippen LogP contribution in [-0.4, -0.2) is 28.0 Å². The Hall–Kier alpha value is -0.870. The fraction of sp³-hybridized carbons (Fsp3) is 0.700. The SMILES string of the molecule is CCC(CO)NCc1c(C)n[nH]c1C. The van der Waals surface area contributed by atoms with Crippen LogP contribution in [-0.2, 0) is 6.54 Å². The van der Waals surface area contributed by atoms with Crippen molar-refractivity contribution < 1.29 is 5.11 Å². The highest BCUT2D eigenvalue weighted by atomic mass is 16.3. The molecule has 1 heterocycles. The molecule has 1 aromatic heterocycles. The predicted octanol–water partition coefficient (Wildman–Crippen LogP) is 0.887. The van der Waals surface area contributed by atoms with Crippen LogP contribution in [0.1, 0.15) is 30.3 Å². The van der Waals surface area contributed by atoms with Gasteiger partial charge < -0.3 is 10.4 Å². The van der Waals surface area contributed by atoms with E-state index in [0.29, 0.717) is 0 Å². The maximum Gasteiger partial charge on any atom is 0.0638 e. The van der Waals surface area contributed by atoms with Crippen molar-refractivity contribution in [2.45, 2.75) is 39.8 Å². The highest BCUT2D eigenvalue weighted by molar-refractivity contribution is 5.22. The number of nitrogens with zero attached hydrogens (tertiary/aromatic N) is 1. The van der Waals surface area contributed by atoms with Gasteiger partial charge in [-0.2, -0.15) is 5.10 Å². The summed E-state index contributed by atoms with van der Waals surface area (Å²) in [4.78, 5) is 0. The van der Waals surface area contributed by atoms with Crippen LogP contribution < -0.4 is 5.32 Å². The van der Waals surface area contributed by atoms with Gasteiger partial charge >= 0.3 is 0 Å². The molecule has 4 heteroatoms. The summed E-state index contributed by atoms with van der Waals surface area (Å²) in [6.45, 7) is 7.01. The Morgan fingerprint density at radius 1 is 1.50 bits per heavy atom. The molecule has 1 aromatic rings. The molecule has 3 N–H and O–H groups in total. The van der Waals surface area contributed by atoms with Crippen LogP contribution in [0.2, 0.25) is 0 Å². The molecule has 0 saturated heterocycles. The first kappa shape index (κ1) is 11.2. The molecule has 14 heavy (non-hydrogen) atoms. The number of nitrogens with one attached hydrogen (secondary N) is 2. The van der Waals surface area contributed by atoms with Crippen molar-refractivity contribution in [3.8, 4) is 0 Å². The van der Waals surface area contributed by atoms with Gasteiger partial charge in [0.25, 0.3) is 0 Å². The first-order valence-electron chi connectivity index (χ1n) is 5.03. The number of aliphatic hydroxyl groups is 1. The number of hydrogen-bond acceptors (Lipinski definition) is 3. The van der Waals surface area contributed by atoms with Gasteiger partial charge in [-0.05, 0) is 20.3 Å². The molecule has 0 aliphatic heterocycles. The third-order valence-corrected chi connectivity index (χ3v) is 2.56. The van der Waals surface area contributed by atoms with Gasteiger partial charge in [0.15, 0.2) is 0 Å². The molecule has 0 fully saturated rings. The Labute approximate surface area is 84.7 Å². The third kappa shape index (κ3) is 2.56. The average Bonchev–Trinajstić information content (AvgIpc) is 2.50. The number of hydrogen-bond donors (Lipinski definition) is 3. The zero-order valence-electron chi connectivity index (χ0n) is 9.09. The summed E-state index contributed by atoms with van der Waals surface area (Å²) in [5, 5.41) is 19.4. The lowest BCUT2D eigenvalue weighted by atomic mass is 10.1. The standard InChI is InChI=1S/C10H19N3O/c1-4-9(6-14)11-5-10-7(2)12-13-8(10)3/h9,11,14H,4-6H2,1-3H3,(H,12,13). The number of aliphatic hydroxyl groups excluding tert-OH is 1. The summed E-state index contributed by atoms with van der Waals surface area (Å²) in [6.07, 6.45) is 0.937. The lowest BCUT2D eigenvalue weighted by Gasteiger charge is -2.13. The number of aromatic nitrogens is 2. The molecular weight excluding hydrogens is 178 g/mol. The van der Waals surface area contributed by atoms with Gasteiger partial charge in [0, 0.05) is 23.8 Å². The predicted molar refractivity (Wildman–Crippen MR) is 56.1 cm³/mol. The Balaban J connectivity index is 2.52. The second kappa shape index (κ2) is 5.12. The van der Waals surface area contributed by atoms with Crippen molar-refractivity contribution in [1.29, 1.82) is 0 Å². The number of aryl methyl sites for hydroxylation is 2. The van der Waals surface area contributed by atoms with Crippen LogP contribution >= 0.6 is 0 Å². The molecule has 80 valence electrons. The van der Waals surface area contributed by atoms with Crippen LogP contribution in [0, 0.1) is 13.8 Å². The minimum Gasteiger partial charge on any atom is -0.395 e. The summed E-state index contributed by atoms with van der Waals surface area (Å²) in [7, 11) is 0. The summed E-state index contributed by atoms with van der Waals surface area (Å²) in [5.41, 5.74) is 3.34. The lowest BCUT2D eigenvalue weighted by Crippen LogP contribution is -2.31. The van der Waals surface area contributed by atoms with Crippen LogP contribution in [0.25, 0.3) is 0 Å². The summed E-state index contributed by atoms with van der Waals surface area (Å²) < 4.78 is 0. The maximum atomic E-state index is 9.01. The Bertz CT molecular complexity index is 259. The van der Waals surface area contributed by atoms with Gasteiger partial charge in [-0.25, -0.2) is 0 Å². The van der Waals surface area contributed by atoms with Crippen molar-refractivity contribution in [3.05, 3.63) is 17.0 Å². The number of H-pyrrole nitrogens is 1. The monoisotopic (exact) mass is 197 g/mol. The highest BCUT2D eigenvalue weighted by Crippen LogP contribution is 2.08. The molecule has 0 bridgehead atoms. The van der Waals surface area contributed by atoms with Crippen molar-refractivity contribution in [3.63, 3.8) is 0 Å². The second-order valence-corrected chi connectivity index (χ2v) is 3.58. The van der Waals surface area contributed by atoms with Crippen molar-refractivity contribution in [1.82, 2.24) is 15.5 Å². The van der Waals surface area contributed by atoms with Crippen LogP contribution in [0.5, 0.6) is 0 Å². The van der Waals surface area contributed by atoms with E-state index in [1.54, 1.807) is 0 Å². The second-order valence-electron chi connectivity index (χ2n) is 3.58. The first-order chi connectivity index (χ1) is 6.69. The van der Waals surface area contributed by atoms with Gasteiger partial charge in [0.2, 0.25) is 0 Å². The smallest absolute Gasteiger partial charge is 0.0638 e. The number of aromatic amines is 1. The van der Waals surface area contributed by atoms with Crippen molar-refractivity contribution in [2.75, 3.05) is 6.61 Å². The van der Waals surface area contributed by atoms with Crippen LogP contribution in [0.4, 0.5) is 0 Å². The fourth-order valence-electron chi connectivity index (χ4n) is 1.42. The van der Waals surface area contributed by atoms with Gasteiger partial charge in [-0.15, -0.1) is 0 Å². The normalized spacial score (nSPS) is 13.1. The molecule has 0 radical (unpaired) electrons. The van der Waals surface area contributed by atoms with E-state index in [9.17, 15) is 0 Å². The van der Waals surface area contributed by atoms with E-state index in [1.807, 2.05) is 13.8 Å². The van der Waals surface area contributed by atoms with Crippen molar-refractivity contribution >= 4 is 0 Å². The summed E-state index contributed by atoms with van der Waals surface area (Å²) >= 11 is 0. The zero-order chi connectivity index (χ0) is 10.6. The fourth-order valence-corrected chi connectivity index (χ4v) is 1.42. The molecule has 0 aromatic carbocycles. The maximum absolute atomic E-state index is 9.01. The Morgan fingerprint density at radius 3 is 2.64 bits per heavy atom. The molecule has 0 amide bonds. The topological polar surface area (TPSA) is 60.9 Å². The highest BCUT2D eigenvalue weighted by Gasteiger charge is 2.08. The average molecular weight is 197 g/mol. The van der Waals surface area contributed by atoms with Crippen LogP contribution in [0.3, 0.4) is 0 Å². The van der Waals surface area contributed by atoms with E-state index < -0.39 is 0 Å². The third-order valence-electron chi connectivity index (χ3n) is 2.56. The van der Waals surface area contributed by atoms with E-state index in [1.165, 1.54) is 5.56 Å². The molecule has 0 aliphatic rings. The zero-order valence-corrected chi connectivity index (χ0v) is 9.09. The van der Waals surface area contributed by atoms with E-state index in [0.717, 1.165) is 24.4 Å². The lowest BCUT2D eigenvalue weighted by molar-refractivity contribution is 0.238. The Kier molecular flexibility index (Phi) is 4.10. The van der Waals surface area contributed by atoms with Crippen LogP contribution in [0.15, 0.2) is 0 Å². The van der Waals surface area contributed by atoms with Gasteiger partial charge in [0.05, 0.1) is 12.3 Å². The molecule has 0 aliphatic carbocycles. The Morgan fingerprint density at radius 2 is 2.21 bits per heavy atom. The summed E-state index contributed by atoms with van der Waals surface area (Å²) in [5.74, 6) is 0. The minimum absolute atomic E-state index is 0.184. The van der Waals surface area contributed by atoms with E-state index >= 15 is 0 Å². The van der Waals surface area contributed by atoms with Crippen molar-refractivity contribution in [2.24, 2.45) is 0 Å². The molecule has 1 unspecified atom stereocenters. The first-order valence-corrected chi connectivity index (χ1v) is 5.03. The molecule has 0 spiro atoms. The number of rotatable bonds is 5. The van der Waals surface area contributed by atoms with Gasteiger partial charge in [-0.3, -0.25) is 5.10 Å². The molecule has 4 nitrogen and oxygen atoms in total. The van der Waals surface area contributed by atoms with E-state index in [2.05, 4.69) is 22.4 Å². The largest absolute Gasteiger partial charge is 0.395 e. The molecule has 0 saturated carbocycles.